The predicted octanol–water partition coefficient (Wildman–Crippen LogP) is 5.29. The number of aromatic nitrogens is 4. The summed E-state index contributed by atoms with van der Waals surface area (Å²) in [6, 6.07) is 8.83. The molecule has 3 aromatic heterocycles. The molecule has 1 N–H and O–H groups in total. The third-order valence-corrected chi connectivity index (χ3v) is 4.20. The number of hydrogen-bond donors (Lipinski definition) is 1. The number of nitrogens with zero attached hydrogens (tertiary/aromatic N) is 3. The van der Waals surface area contributed by atoms with Crippen LogP contribution in [0.1, 0.15) is 6.99 Å². The molecule has 132 valence electrons. The van der Waals surface area contributed by atoms with Crippen LogP contribution in [-0.4, -0.2) is 19.9 Å². The van der Waals surface area contributed by atoms with Gasteiger partial charge in [0.2, 0.25) is 5.82 Å². The number of ether oxygens (including phenoxy) is 1. The lowest BCUT2D eigenvalue weighted by atomic mass is 10.2. The van der Waals surface area contributed by atoms with Gasteiger partial charge in [-0.05, 0) is 23.8 Å². The first-order chi connectivity index (χ1) is 12.6. The summed E-state index contributed by atoms with van der Waals surface area (Å²) in [6.07, 6.45) is 4.32. The predicted molar refractivity (Wildman–Crippen MR) is 100.0 cm³/mol. The Kier molecular flexibility index (Phi) is 4.44. The molecule has 0 fully saturated rings. The Bertz CT molecular complexity index is 1090. The first-order valence-corrected chi connectivity index (χ1v) is 8.38. The van der Waals surface area contributed by atoms with Gasteiger partial charge in [-0.25, -0.2) is 9.97 Å². The van der Waals surface area contributed by atoms with Crippen molar-refractivity contribution in [2.45, 2.75) is 6.61 Å². The van der Waals surface area contributed by atoms with Crippen LogP contribution in [0.15, 0.2) is 48.9 Å². The van der Waals surface area contributed by atoms with Crippen molar-refractivity contribution < 1.29 is 10.6 Å². The lowest BCUT2D eigenvalue weighted by Gasteiger charge is -2.08. The average molecular weight is 391 g/mol. The lowest BCUT2D eigenvalue weighted by Crippen LogP contribution is -2.02. The minimum absolute atomic E-state index is 0. The van der Waals surface area contributed by atoms with E-state index in [-0.39, 0.29) is 13.9 Å². The van der Waals surface area contributed by atoms with Gasteiger partial charge in [-0.15, -0.1) is 0 Å². The van der Waals surface area contributed by atoms with Gasteiger partial charge in [-0.2, -0.15) is 9.37 Å². The Labute approximate surface area is 159 Å². The first-order valence-electron chi connectivity index (χ1n) is 7.63. The SMILES string of the molecule is Fc1cnc(-c2c[nH]c3ncc(Cl)cc23)nc1OCc1ccc(Cl)cc1.[HH]. The molecular weight excluding hydrogens is 378 g/mol. The second-order valence-electron chi connectivity index (χ2n) is 5.51. The number of aromatic amines is 1. The summed E-state index contributed by atoms with van der Waals surface area (Å²) in [6.45, 7) is 0.159. The lowest BCUT2D eigenvalue weighted by molar-refractivity contribution is 0.276. The zero-order valence-corrected chi connectivity index (χ0v) is 14.7. The Morgan fingerprint density at radius 3 is 2.69 bits per heavy atom. The number of fused-ring (bicyclic) bond motifs is 1. The van der Waals surface area contributed by atoms with Crippen molar-refractivity contribution in [3.63, 3.8) is 0 Å². The van der Waals surface area contributed by atoms with Crippen molar-refractivity contribution in [2.75, 3.05) is 0 Å². The quantitative estimate of drug-likeness (QED) is 0.513. The van der Waals surface area contributed by atoms with Gasteiger partial charge in [0.15, 0.2) is 5.82 Å². The van der Waals surface area contributed by atoms with Gasteiger partial charge in [0.25, 0.3) is 5.88 Å². The largest absolute Gasteiger partial charge is 0.471 e. The zero-order chi connectivity index (χ0) is 18.1. The number of rotatable bonds is 4. The van der Waals surface area contributed by atoms with Crippen LogP contribution in [0, 0.1) is 5.82 Å². The van der Waals surface area contributed by atoms with E-state index >= 15 is 0 Å². The number of hydrogen-bond acceptors (Lipinski definition) is 4. The van der Waals surface area contributed by atoms with Crippen molar-refractivity contribution in [1.82, 2.24) is 19.9 Å². The van der Waals surface area contributed by atoms with Crippen molar-refractivity contribution >= 4 is 34.2 Å². The van der Waals surface area contributed by atoms with Crippen LogP contribution in [0.2, 0.25) is 10.0 Å². The third-order valence-electron chi connectivity index (χ3n) is 3.74. The fourth-order valence-corrected chi connectivity index (χ4v) is 2.76. The highest BCUT2D eigenvalue weighted by atomic mass is 35.5. The van der Waals surface area contributed by atoms with Crippen molar-refractivity contribution in [3.05, 3.63) is 70.3 Å². The molecular formula is C18H13Cl2FN4O. The molecule has 0 atom stereocenters. The van der Waals surface area contributed by atoms with Crippen LogP contribution in [-0.2, 0) is 6.61 Å². The first kappa shape index (κ1) is 16.8. The molecule has 0 amide bonds. The Morgan fingerprint density at radius 1 is 1.08 bits per heavy atom. The highest BCUT2D eigenvalue weighted by Gasteiger charge is 2.14. The topological polar surface area (TPSA) is 63.7 Å². The van der Waals surface area contributed by atoms with Gasteiger partial charge >= 0.3 is 0 Å². The van der Waals surface area contributed by atoms with Crippen LogP contribution in [0.4, 0.5) is 4.39 Å². The summed E-state index contributed by atoms with van der Waals surface area (Å²) in [5.74, 6) is -0.458. The van der Waals surface area contributed by atoms with E-state index in [0.29, 0.717) is 27.1 Å². The van der Waals surface area contributed by atoms with Gasteiger partial charge in [0.1, 0.15) is 12.3 Å². The van der Waals surface area contributed by atoms with Gasteiger partial charge in [-0.3, -0.25) is 0 Å². The molecule has 0 aliphatic heterocycles. The average Bonchev–Trinajstić information content (AvgIpc) is 3.05. The molecule has 26 heavy (non-hydrogen) atoms. The van der Waals surface area contributed by atoms with E-state index in [0.717, 1.165) is 17.1 Å². The van der Waals surface area contributed by atoms with E-state index in [4.69, 9.17) is 27.9 Å². The minimum Gasteiger partial charge on any atom is -0.471 e. The number of halogens is 3. The monoisotopic (exact) mass is 390 g/mol. The van der Waals surface area contributed by atoms with Gasteiger partial charge in [0, 0.05) is 29.8 Å². The molecule has 0 aliphatic carbocycles. The van der Waals surface area contributed by atoms with E-state index in [1.165, 1.54) is 6.20 Å². The Balaban J connectivity index is 0.00000210. The van der Waals surface area contributed by atoms with Crippen molar-refractivity contribution in [1.29, 1.82) is 0 Å². The van der Waals surface area contributed by atoms with Crippen LogP contribution >= 0.6 is 23.2 Å². The third kappa shape index (κ3) is 3.34. The molecule has 0 spiro atoms. The summed E-state index contributed by atoms with van der Waals surface area (Å²) in [5.41, 5.74) is 2.14. The smallest absolute Gasteiger partial charge is 0.254 e. The highest BCUT2D eigenvalue weighted by molar-refractivity contribution is 6.31. The van der Waals surface area contributed by atoms with E-state index in [9.17, 15) is 4.39 Å². The second-order valence-corrected chi connectivity index (χ2v) is 6.39. The summed E-state index contributed by atoms with van der Waals surface area (Å²) in [5, 5.41) is 1.85. The summed E-state index contributed by atoms with van der Waals surface area (Å²) in [4.78, 5) is 15.5. The molecule has 8 heteroatoms. The molecule has 0 saturated carbocycles. The molecule has 3 heterocycles. The van der Waals surface area contributed by atoms with E-state index in [1.54, 1.807) is 36.5 Å². The summed E-state index contributed by atoms with van der Waals surface area (Å²) in [7, 11) is 0. The maximum absolute atomic E-state index is 14.0. The van der Waals surface area contributed by atoms with Crippen LogP contribution in [0.25, 0.3) is 22.4 Å². The standard InChI is InChI=1S/C18H11Cl2FN4O.H2/c19-11-3-1-10(2-4-11)9-26-18-15(21)8-24-17(25-18)14-7-23-16-13(14)5-12(20)6-22-16;/h1-8H,9H2,(H,22,23);1H. The molecule has 1 aromatic carbocycles. The Morgan fingerprint density at radius 2 is 1.88 bits per heavy atom. The van der Waals surface area contributed by atoms with Crippen LogP contribution < -0.4 is 4.74 Å². The van der Waals surface area contributed by atoms with Crippen LogP contribution in [0.3, 0.4) is 0 Å². The van der Waals surface area contributed by atoms with E-state index in [2.05, 4.69) is 19.9 Å². The molecule has 0 saturated heterocycles. The van der Waals surface area contributed by atoms with E-state index in [1.807, 2.05) is 0 Å². The molecule has 0 unspecified atom stereocenters. The maximum atomic E-state index is 14.0. The fraction of sp³-hybridized carbons (Fsp3) is 0.0556. The second kappa shape index (κ2) is 6.90. The number of nitrogens with one attached hydrogen (secondary N) is 1. The Hall–Kier alpha value is -2.70. The number of pyridine rings is 1. The summed E-state index contributed by atoms with van der Waals surface area (Å²) >= 11 is 11.9. The fourth-order valence-electron chi connectivity index (χ4n) is 2.48. The highest BCUT2D eigenvalue weighted by Crippen LogP contribution is 2.28. The zero-order valence-electron chi connectivity index (χ0n) is 13.2. The molecule has 0 aliphatic rings. The molecule has 4 rings (SSSR count). The van der Waals surface area contributed by atoms with E-state index < -0.39 is 5.82 Å². The summed E-state index contributed by atoms with van der Waals surface area (Å²) < 4.78 is 19.6. The van der Waals surface area contributed by atoms with Gasteiger partial charge in [0.05, 0.1) is 11.2 Å². The molecule has 5 nitrogen and oxygen atoms in total. The molecule has 0 bridgehead atoms. The number of H-pyrrole nitrogens is 1. The van der Waals surface area contributed by atoms with Crippen molar-refractivity contribution in [2.24, 2.45) is 0 Å². The van der Waals surface area contributed by atoms with Crippen molar-refractivity contribution in [3.8, 4) is 17.3 Å². The maximum Gasteiger partial charge on any atom is 0.254 e. The van der Waals surface area contributed by atoms with Crippen LogP contribution in [0.5, 0.6) is 5.88 Å². The normalized spacial score (nSPS) is 11.0. The minimum atomic E-state index is -0.640. The van der Waals surface area contributed by atoms with Gasteiger partial charge in [-0.1, -0.05) is 35.3 Å². The molecule has 0 radical (unpaired) electrons. The molecule has 4 aromatic rings. The number of benzene rings is 1. The van der Waals surface area contributed by atoms with Gasteiger partial charge < -0.3 is 9.72 Å².